The molecular weight excluding hydrogens is 440 g/mol. The van der Waals surface area contributed by atoms with Gasteiger partial charge in [0.05, 0.1) is 12.5 Å². The highest BCUT2D eigenvalue weighted by Gasteiger charge is 2.36. The summed E-state index contributed by atoms with van der Waals surface area (Å²) in [6.07, 6.45) is 0.000306. The zero-order valence-electron chi connectivity index (χ0n) is 18.9. The van der Waals surface area contributed by atoms with E-state index in [0.717, 1.165) is 28.7 Å². The molecule has 1 saturated carbocycles. The van der Waals surface area contributed by atoms with Crippen molar-refractivity contribution >= 4 is 18.0 Å². The van der Waals surface area contributed by atoms with Crippen LogP contribution in [0.1, 0.15) is 36.3 Å². The normalized spacial score (nSPS) is 19.7. The average Bonchev–Trinajstić information content (AvgIpc) is 3.42. The highest BCUT2D eigenvalue weighted by molar-refractivity contribution is 5.81. The van der Waals surface area contributed by atoms with Crippen LogP contribution in [0.4, 0.5) is 4.79 Å². The molecule has 0 bridgehead atoms. The van der Waals surface area contributed by atoms with Gasteiger partial charge in [0, 0.05) is 19.1 Å². The van der Waals surface area contributed by atoms with Crippen LogP contribution >= 0.6 is 0 Å². The summed E-state index contributed by atoms with van der Waals surface area (Å²) in [6, 6.07) is 15.7. The minimum absolute atomic E-state index is 0.0528. The van der Waals surface area contributed by atoms with Crippen LogP contribution in [-0.4, -0.2) is 55.5 Å². The van der Waals surface area contributed by atoms with Gasteiger partial charge in [0.1, 0.15) is 6.61 Å². The van der Waals surface area contributed by atoms with Crippen LogP contribution in [0.5, 0.6) is 0 Å². The summed E-state index contributed by atoms with van der Waals surface area (Å²) < 4.78 is 10.4. The first-order valence-corrected chi connectivity index (χ1v) is 11.3. The number of hydrogen-bond acceptors (Lipinski definition) is 6. The highest BCUT2D eigenvalue weighted by Crippen LogP contribution is 2.44. The maximum Gasteiger partial charge on any atom is 0.407 e. The lowest BCUT2D eigenvalue weighted by atomic mass is 9.98. The lowest BCUT2D eigenvalue weighted by Gasteiger charge is -2.22. The Morgan fingerprint density at radius 3 is 2.29 bits per heavy atom. The number of carboxylic acids is 1. The summed E-state index contributed by atoms with van der Waals surface area (Å²) in [7, 11) is 1.34. The van der Waals surface area contributed by atoms with E-state index in [4.69, 9.17) is 19.4 Å². The number of amides is 2. The van der Waals surface area contributed by atoms with Crippen molar-refractivity contribution in [2.24, 2.45) is 5.92 Å². The predicted molar refractivity (Wildman–Crippen MR) is 122 cm³/mol. The monoisotopic (exact) mass is 468 g/mol. The molecule has 2 amide bonds. The van der Waals surface area contributed by atoms with Crippen molar-refractivity contribution in [3.05, 3.63) is 59.7 Å². The van der Waals surface area contributed by atoms with Crippen LogP contribution in [0, 0.1) is 5.92 Å². The molecule has 0 spiro atoms. The van der Waals surface area contributed by atoms with Crippen molar-refractivity contribution in [3.8, 4) is 11.1 Å². The van der Waals surface area contributed by atoms with Crippen LogP contribution in [0.2, 0.25) is 0 Å². The molecule has 2 aliphatic carbocycles. The molecule has 9 nitrogen and oxygen atoms in total. The van der Waals surface area contributed by atoms with E-state index in [9.17, 15) is 14.4 Å². The van der Waals surface area contributed by atoms with Gasteiger partial charge < -0.3 is 19.9 Å². The number of nitrogens with one attached hydrogen (secondary N) is 2. The minimum Gasteiger partial charge on any atom is -0.479 e. The number of carbonyl (C=O) groups excluding carboxylic acids is 2. The molecule has 0 aromatic heterocycles. The third-order valence-corrected chi connectivity index (χ3v) is 6.39. The quantitative estimate of drug-likeness (QED) is 0.484. The van der Waals surface area contributed by atoms with E-state index in [0.29, 0.717) is 12.8 Å². The van der Waals surface area contributed by atoms with Gasteiger partial charge in [-0.2, -0.15) is 0 Å². The Bertz CT molecular complexity index is 1010. The number of carboxylic acid groups (broad SMARTS) is 1. The molecule has 0 saturated heterocycles. The second-order valence-corrected chi connectivity index (χ2v) is 8.48. The number of aliphatic carboxylic acids is 1. The number of hydroxylamine groups is 1. The first kappa shape index (κ1) is 23.7. The first-order valence-electron chi connectivity index (χ1n) is 11.3. The molecule has 9 heteroatoms. The molecule has 0 aliphatic heterocycles. The molecule has 2 aromatic rings. The number of carbonyl (C=O) groups is 3. The third kappa shape index (κ3) is 5.05. The molecule has 3 N–H and O–H groups in total. The molecule has 0 radical (unpaired) electrons. The Morgan fingerprint density at radius 1 is 1.03 bits per heavy atom. The minimum atomic E-state index is -1.32. The van der Waals surface area contributed by atoms with Gasteiger partial charge in [-0.15, -0.1) is 0 Å². The van der Waals surface area contributed by atoms with Crippen LogP contribution in [-0.2, 0) is 23.9 Å². The molecule has 180 valence electrons. The number of rotatable bonds is 9. The van der Waals surface area contributed by atoms with E-state index >= 15 is 0 Å². The van der Waals surface area contributed by atoms with Crippen molar-refractivity contribution in [2.45, 2.75) is 37.3 Å². The molecule has 1 fully saturated rings. The lowest BCUT2D eigenvalue weighted by Crippen LogP contribution is -2.46. The lowest BCUT2D eigenvalue weighted by molar-refractivity contribution is -0.166. The number of ether oxygens (including phenoxy) is 2. The Kier molecular flexibility index (Phi) is 7.44. The summed E-state index contributed by atoms with van der Waals surface area (Å²) in [5.41, 5.74) is 6.74. The fourth-order valence-electron chi connectivity index (χ4n) is 4.75. The largest absolute Gasteiger partial charge is 0.479 e. The van der Waals surface area contributed by atoms with Crippen molar-refractivity contribution in [2.75, 3.05) is 20.3 Å². The zero-order valence-corrected chi connectivity index (χ0v) is 18.9. The molecule has 0 heterocycles. The van der Waals surface area contributed by atoms with E-state index in [1.165, 1.54) is 7.11 Å². The zero-order chi connectivity index (χ0) is 24.1. The Labute approximate surface area is 197 Å². The predicted octanol–water partition coefficient (Wildman–Crippen LogP) is 2.84. The second kappa shape index (κ2) is 10.7. The molecule has 1 unspecified atom stereocenters. The third-order valence-electron chi connectivity index (χ3n) is 6.39. The van der Waals surface area contributed by atoms with Gasteiger partial charge in [0.25, 0.3) is 0 Å². The number of fused-ring (bicyclic) bond motifs is 3. The van der Waals surface area contributed by atoms with Gasteiger partial charge in [0.2, 0.25) is 12.0 Å². The van der Waals surface area contributed by atoms with Crippen LogP contribution in [0.25, 0.3) is 11.1 Å². The molecule has 3 atom stereocenters. The van der Waals surface area contributed by atoms with Crippen LogP contribution in [0.15, 0.2) is 48.5 Å². The summed E-state index contributed by atoms with van der Waals surface area (Å²) in [5, 5.41) is 11.9. The maximum atomic E-state index is 12.6. The first-order chi connectivity index (χ1) is 16.5. The molecule has 2 aliphatic rings. The van der Waals surface area contributed by atoms with E-state index in [2.05, 4.69) is 22.9 Å². The smallest absolute Gasteiger partial charge is 0.407 e. The number of alkyl carbamates (subject to hydrolysis) is 1. The fourth-order valence-corrected chi connectivity index (χ4v) is 4.75. The summed E-state index contributed by atoms with van der Waals surface area (Å²) in [6.45, 7) is -0.0223. The Morgan fingerprint density at radius 2 is 1.68 bits per heavy atom. The van der Waals surface area contributed by atoms with Gasteiger partial charge in [-0.05, 0) is 35.1 Å². The molecule has 34 heavy (non-hydrogen) atoms. The SMILES string of the molecule is COCC(ONC(=O)[C@H]1CCC[C@H]1NC(=O)OCC1c2ccccc2-c2ccccc21)C(=O)O. The van der Waals surface area contributed by atoms with E-state index in [1.54, 1.807) is 0 Å². The van der Waals surface area contributed by atoms with E-state index in [-0.39, 0.29) is 19.1 Å². The maximum absolute atomic E-state index is 12.6. The van der Waals surface area contributed by atoms with Gasteiger partial charge in [-0.1, -0.05) is 55.0 Å². The number of methoxy groups -OCH3 is 1. The van der Waals surface area contributed by atoms with Gasteiger partial charge in [-0.25, -0.2) is 15.1 Å². The average molecular weight is 469 g/mol. The van der Waals surface area contributed by atoms with Crippen molar-refractivity contribution in [1.29, 1.82) is 0 Å². The summed E-state index contributed by atoms with van der Waals surface area (Å²) in [5.74, 6) is -2.33. The van der Waals surface area contributed by atoms with E-state index in [1.807, 2.05) is 36.4 Å². The van der Waals surface area contributed by atoms with E-state index < -0.39 is 36.0 Å². The van der Waals surface area contributed by atoms with Gasteiger partial charge in [-0.3, -0.25) is 9.63 Å². The van der Waals surface area contributed by atoms with Crippen LogP contribution in [0.3, 0.4) is 0 Å². The van der Waals surface area contributed by atoms with Gasteiger partial charge in [0.15, 0.2) is 0 Å². The Balaban J connectivity index is 1.32. The van der Waals surface area contributed by atoms with Crippen molar-refractivity contribution < 1.29 is 33.8 Å². The topological polar surface area (TPSA) is 123 Å². The highest BCUT2D eigenvalue weighted by atomic mass is 16.7. The molecule has 4 rings (SSSR count). The fraction of sp³-hybridized carbons (Fsp3) is 0.400. The summed E-state index contributed by atoms with van der Waals surface area (Å²) >= 11 is 0. The Hall–Kier alpha value is -3.43. The number of benzene rings is 2. The second-order valence-electron chi connectivity index (χ2n) is 8.48. The standard InChI is InChI=1S/C25H28N2O7/c1-32-14-22(24(29)30)34-27-23(28)19-11-6-12-21(19)26-25(31)33-13-20-17-9-4-2-7-15(17)16-8-3-5-10-18(16)20/h2-5,7-10,19-22H,6,11-14H2,1H3,(H,26,31)(H,27,28)(H,29,30)/t19-,21+,22?/m0/s1. The molecular formula is C25H28N2O7. The van der Waals surface area contributed by atoms with Crippen LogP contribution < -0.4 is 10.8 Å². The van der Waals surface area contributed by atoms with Gasteiger partial charge >= 0.3 is 12.1 Å². The van der Waals surface area contributed by atoms with Crippen molar-refractivity contribution in [1.82, 2.24) is 10.8 Å². The summed E-state index contributed by atoms with van der Waals surface area (Å²) in [4.78, 5) is 41.3. The molecule has 2 aromatic carbocycles. The number of hydrogen-bond donors (Lipinski definition) is 3. The van der Waals surface area contributed by atoms with Crippen molar-refractivity contribution in [3.63, 3.8) is 0 Å².